The third-order valence-corrected chi connectivity index (χ3v) is 5.58. The maximum atomic E-state index is 8.87. The second-order valence-electron chi connectivity index (χ2n) is 8.24. The van der Waals surface area contributed by atoms with Gasteiger partial charge in [-0.15, -0.1) is 0 Å². The number of nitrogens with zero attached hydrogens (tertiary/aromatic N) is 1. The van der Waals surface area contributed by atoms with Crippen molar-refractivity contribution in [1.82, 2.24) is 4.90 Å². The Morgan fingerprint density at radius 1 is 0.824 bits per heavy atom. The number of unbranched alkanes of at least 4 members (excludes halogenated alkanes) is 3. The Morgan fingerprint density at radius 2 is 1.44 bits per heavy atom. The minimum atomic E-state index is 0. The van der Waals surface area contributed by atoms with Crippen LogP contribution in [0, 0.1) is 13.8 Å². The summed E-state index contributed by atoms with van der Waals surface area (Å²) in [5.74, 6) is 0. The molecule has 0 saturated carbocycles. The molecule has 1 N–H and O–H groups in total. The van der Waals surface area contributed by atoms with Crippen LogP contribution < -0.4 is 0 Å². The van der Waals surface area contributed by atoms with Gasteiger partial charge in [0.25, 0.3) is 0 Å². The standard InChI is InChI=1S/C20H29NO.2C5H5.2Fe/c1-17-9-7-11-19(17)15-21(13-5-3-4-6-14-22)16-20-12-8-10-18(20)2;2*1-2-4-5-3-1;;/h7-12,22H,3-6,13-16H2,1-2H3;2*1-5H;;/q-6;2*-1;;. The SMILES string of the molecule is C[c-]1cccc1CN(CCCCCCO)C[c-]1[cH-][cH-][cH-][c-]1C.[Fe].[Fe].c1cc[cH-]c1.c1cc[cH-]c1. The molecule has 0 aromatic heterocycles. The monoisotopic (exact) mass is 541 g/mol. The van der Waals surface area contributed by atoms with Crippen molar-refractivity contribution in [3.8, 4) is 0 Å². The fourth-order valence-electron chi connectivity index (χ4n) is 3.59. The van der Waals surface area contributed by atoms with E-state index in [9.17, 15) is 0 Å². The van der Waals surface area contributed by atoms with E-state index in [1.807, 2.05) is 60.7 Å². The molecule has 0 atom stereocenters. The maximum Gasteiger partial charge on any atom is 0.0431 e. The first kappa shape index (κ1) is 32.4. The topological polar surface area (TPSA) is 23.5 Å². The Kier molecular flexibility index (Phi) is 19.7. The number of aryl methyl sites for hydroxylation is 2. The zero-order valence-corrected chi connectivity index (χ0v) is 22.7. The molecule has 2 nitrogen and oxygen atoms in total. The number of aliphatic hydroxyl groups excluding tert-OH is 1. The Balaban J connectivity index is 0.000000746. The normalized spacial score (nSPS) is 9.76. The molecule has 0 aliphatic rings. The van der Waals surface area contributed by atoms with E-state index < -0.39 is 0 Å². The van der Waals surface area contributed by atoms with Crippen LogP contribution in [0.3, 0.4) is 0 Å². The summed E-state index contributed by atoms with van der Waals surface area (Å²) in [6.45, 7) is 7.90. The van der Waals surface area contributed by atoms with E-state index in [-0.39, 0.29) is 34.1 Å². The average Bonchev–Trinajstić information content (AvgIpc) is 3.61. The van der Waals surface area contributed by atoms with Gasteiger partial charge in [-0.05, 0) is 25.9 Å². The Labute approximate surface area is 228 Å². The van der Waals surface area contributed by atoms with Crippen molar-refractivity contribution < 1.29 is 39.2 Å². The number of hydrogen-bond donors (Lipinski definition) is 1. The van der Waals surface area contributed by atoms with Crippen LogP contribution in [-0.2, 0) is 47.2 Å². The Morgan fingerprint density at radius 3 is 1.88 bits per heavy atom. The van der Waals surface area contributed by atoms with Crippen molar-refractivity contribution in [2.45, 2.75) is 52.6 Å². The quantitative estimate of drug-likeness (QED) is 0.132. The van der Waals surface area contributed by atoms with E-state index in [0.717, 1.165) is 32.5 Å². The first-order valence-electron chi connectivity index (χ1n) is 11.8. The first-order valence-corrected chi connectivity index (χ1v) is 11.8. The summed E-state index contributed by atoms with van der Waals surface area (Å²) in [5, 5.41) is 8.87. The average molecular weight is 541 g/mol. The third kappa shape index (κ3) is 13.9. The summed E-state index contributed by atoms with van der Waals surface area (Å²) in [4.78, 5) is 2.56. The van der Waals surface area contributed by atoms with Crippen LogP contribution in [0.5, 0.6) is 0 Å². The van der Waals surface area contributed by atoms with Crippen LogP contribution in [0.15, 0.2) is 97.1 Å². The summed E-state index contributed by atoms with van der Waals surface area (Å²) in [6.07, 6.45) is 4.48. The van der Waals surface area contributed by atoms with Gasteiger partial charge in [0.2, 0.25) is 0 Å². The van der Waals surface area contributed by atoms with Crippen LogP contribution >= 0.6 is 0 Å². The van der Waals surface area contributed by atoms with Crippen molar-refractivity contribution in [2.24, 2.45) is 0 Å². The van der Waals surface area contributed by atoms with E-state index in [1.165, 1.54) is 35.1 Å². The molecule has 0 amide bonds. The van der Waals surface area contributed by atoms with Crippen LogP contribution in [0.1, 0.15) is 47.9 Å². The van der Waals surface area contributed by atoms with Gasteiger partial charge in [0, 0.05) is 40.7 Å². The Bertz CT molecular complexity index is 787. The van der Waals surface area contributed by atoms with Crippen LogP contribution in [0.4, 0.5) is 0 Å². The predicted octanol–water partition coefficient (Wildman–Crippen LogP) is 7.10. The molecule has 194 valence electrons. The fourth-order valence-corrected chi connectivity index (χ4v) is 3.59. The molecule has 0 saturated heterocycles. The number of hydrogen-bond acceptors (Lipinski definition) is 2. The summed E-state index contributed by atoms with van der Waals surface area (Å²) < 4.78 is 0. The van der Waals surface area contributed by atoms with Crippen molar-refractivity contribution in [3.05, 3.63) is 119 Å². The van der Waals surface area contributed by atoms with E-state index in [4.69, 9.17) is 5.11 Å². The van der Waals surface area contributed by atoms with Gasteiger partial charge in [-0.2, -0.15) is 60.1 Å². The first-order chi connectivity index (χ1) is 15.7. The molecule has 4 rings (SSSR count). The van der Waals surface area contributed by atoms with Gasteiger partial charge in [0.1, 0.15) is 0 Å². The van der Waals surface area contributed by atoms with E-state index in [0.29, 0.717) is 6.61 Å². The van der Waals surface area contributed by atoms with E-state index >= 15 is 0 Å². The molecule has 0 spiro atoms. The van der Waals surface area contributed by atoms with Gasteiger partial charge in [0.05, 0.1) is 0 Å². The molecule has 0 fully saturated rings. The summed E-state index contributed by atoms with van der Waals surface area (Å²) in [7, 11) is 0. The predicted molar refractivity (Wildman–Crippen MR) is 137 cm³/mol. The van der Waals surface area contributed by atoms with Crippen LogP contribution in [0.25, 0.3) is 0 Å². The smallest absolute Gasteiger partial charge is 0.0431 e. The van der Waals surface area contributed by atoms with Crippen molar-refractivity contribution in [1.29, 1.82) is 0 Å². The maximum absolute atomic E-state index is 8.87. The second kappa shape index (κ2) is 20.7. The van der Waals surface area contributed by atoms with Gasteiger partial charge >= 0.3 is 0 Å². The second-order valence-corrected chi connectivity index (χ2v) is 8.24. The van der Waals surface area contributed by atoms with Gasteiger partial charge in [-0.25, -0.2) is 43.3 Å². The van der Waals surface area contributed by atoms with Gasteiger partial charge in [-0.3, -0.25) is 0 Å². The molecule has 4 aromatic rings. The Hall–Kier alpha value is -1.64. The van der Waals surface area contributed by atoms with Gasteiger partial charge in [-0.1, -0.05) is 19.8 Å². The zero-order chi connectivity index (χ0) is 22.9. The molecule has 4 heteroatoms. The van der Waals surface area contributed by atoms with Crippen molar-refractivity contribution in [2.75, 3.05) is 13.2 Å². The largest absolute Gasteiger partial charge is 0.747 e. The molecule has 0 aliphatic carbocycles. The zero-order valence-electron chi connectivity index (χ0n) is 20.5. The number of rotatable bonds is 10. The summed E-state index contributed by atoms with van der Waals surface area (Å²) >= 11 is 0. The molecule has 0 heterocycles. The minimum absolute atomic E-state index is 0. The molecule has 0 unspecified atom stereocenters. The van der Waals surface area contributed by atoms with Gasteiger partial charge in [0.15, 0.2) is 0 Å². The van der Waals surface area contributed by atoms with Gasteiger partial charge < -0.3 is 39.3 Å². The van der Waals surface area contributed by atoms with E-state index in [2.05, 4.69) is 55.1 Å². The number of aliphatic hydroxyl groups is 1. The molecule has 34 heavy (non-hydrogen) atoms. The van der Waals surface area contributed by atoms with Crippen LogP contribution in [-0.4, -0.2) is 23.2 Å². The molecule has 0 radical (unpaired) electrons. The molecular formula is C30H39Fe2NO-8. The fraction of sp³-hybridized carbons (Fsp3) is 0.333. The summed E-state index contributed by atoms with van der Waals surface area (Å²) in [6, 6.07) is 33.2. The molecule has 0 aliphatic heterocycles. The van der Waals surface area contributed by atoms with Crippen LogP contribution in [0.2, 0.25) is 0 Å². The minimum Gasteiger partial charge on any atom is -0.747 e. The van der Waals surface area contributed by atoms with E-state index in [1.54, 1.807) is 0 Å². The molecule has 0 bridgehead atoms. The van der Waals surface area contributed by atoms with Crippen molar-refractivity contribution in [3.63, 3.8) is 0 Å². The summed E-state index contributed by atoms with van der Waals surface area (Å²) in [5.41, 5.74) is 5.67. The third-order valence-electron chi connectivity index (χ3n) is 5.58. The van der Waals surface area contributed by atoms with Crippen molar-refractivity contribution >= 4 is 0 Å². The molecular weight excluding hydrogens is 502 g/mol. The molecule has 4 aromatic carbocycles.